The lowest BCUT2D eigenvalue weighted by Gasteiger charge is -2.24. The number of carbonyl (C=O) groups is 1. The molecule has 0 atom stereocenters. The van der Waals surface area contributed by atoms with Crippen molar-refractivity contribution in [3.8, 4) is 0 Å². The highest BCUT2D eigenvalue weighted by Crippen LogP contribution is 2.28. The van der Waals surface area contributed by atoms with Gasteiger partial charge in [0.1, 0.15) is 5.82 Å². The van der Waals surface area contributed by atoms with E-state index in [1.54, 1.807) is 19.2 Å². The van der Waals surface area contributed by atoms with Crippen LogP contribution < -0.4 is 10.6 Å². The summed E-state index contributed by atoms with van der Waals surface area (Å²) in [5.74, 6) is -0.562. The molecule has 1 aromatic carbocycles. The number of nitrogens with one attached hydrogen (secondary N) is 2. The third kappa shape index (κ3) is 3.55. The van der Waals surface area contributed by atoms with Crippen LogP contribution in [0.4, 0.5) is 4.39 Å². The van der Waals surface area contributed by atoms with Crippen LogP contribution in [-0.2, 0) is 4.74 Å². The van der Waals surface area contributed by atoms with Crippen LogP contribution in [0.15, 0.2) is 18.2 Å². The zero-order chi connectivity index (χ0) is 14.4. The standard InChI is InChI=1S/C15H21FN2O2/c1-20-10-9-18-15(19)13-4-2-3-12(14(13)16)11-5-7-17-8-6-11/h2-4,11,17H,5-10H2,1H3,(H,18,19). The molecule has 4 nitrogen and oxygen atoms in total. The van der Waals surface area contributed by atoms with E-state index in [1.165, 1.54) is 6.07 Å². The number of ether oxygens (including phenoxy) is 1. The second-order valence-electron chi connectivity index (χ2n) is 4.98. The summed E-state index contributed by atoms with van der Waals surface area (Å²) in [6, 6.07) is 5.07. The van der Waals surface area contributed by atoms with Crippen molar-refractivity contribution in [1.82, 2.24) is 10.6 Å². The molecule has 5 heteroatoms. The number of rotatable bonds is 5. The van der Waals surface area contributed by atoms with E-state index in [2.05, 4.69) is 10.6 Å². The molecule has 0 spiro atoms. The molecule has 20 heavy (non-hydrogen) atoms. The predicted molar refractivity (Wildman–Crippen MR) is 75.5 cm³/mol. The molecule has 0 unspecified atom stereocenters. The normalized spacial score (nSPS) is 16.1. The number of amides is 1. The summed E-state index contributed by atoms with van der Waals surface area (Å²) in [6.45, 7) is 2.59. The first-order valence-electron chi connectivity index (χ1n) is 7.00. The maximum absolute atomic E-state index is 14.5. The average Bonchev–Trinajstić information content (AvgIpc) is 2.48. The molecule has 0 radical (unpaired) electrons. The van der Waals surface area contributed by atoms with E-state index in [0.717, 1.165) is 25.9 Å². The van der Waals surface area contributed by atoms with Crippen molar-refractivity contribution in [1.29, 1.82) is 0 Å². The second-order valence-corrected chi connectivity index (χ2v) is 4.98. The van der Waals surface area contributed by atoms with Crippen molar-refractivity contribution in [2.75, 3.05) is 33.4 Å². The van der Waals surface area contributed by atoms with Crippen LogP contribution in [0.3, 0.4) is 0 Å². The molecule has 0 aromatic heterocycles. The molecule has 1 aliphatic heterocycles. The zero-order valence-electron chi connectivity index (χ0n) is 11.7. The second kappa shape index (κ2) is 7.36. The number of benzene rings is 1. The van der Waals surface area contributed by atoms with Gasteiger partial charge in [0.05, 0.1) is 12.2 Å². The van der Waals surface area contributed by atoms with Crippen molar-refractivity contribution in [3.05, 3.63) is 35.1 Å². The van der Waals surface area contributed by atoms with Crippen LogP contribution in [0, 0.1) is 5.82 Å². The van der Waals surface area contributed by atoms with Gasteiger partial charge in [-0.15, -0.1) is 0 Å². The van der Waals surface area contributed by atoms with Crippen molar-refractivity contribution in [2.24, 2.45) is 0 Å². The Morgan fingerprint density at radius 2 is 2.20 bits per heavy atom. The SMILES string of the molecule is COCCNC(=O)c1cccc(C2CCNCC2)c1F. The first-order chi connectivity index (χ1) is 9.74. The van der Waals surface area contributed by atoms with E-state index in [4.69, 9.17) is 4.74 Å². The molecule has 1 amide bonds. The van der Waals surface area contributed by atoms with Gasteiger partial charge in [-0.3, -0.25) is 4.79 Å². The lowest BCUT2D eigenvalue weighted by Crippen LogP contribution is -2.29. The average molecular weight is 280 g/mol. The topological polar surface area (TPSA) is 50.4 Å². The highest BCUT2D eigenvalue weighted by atomic mass is 19.1. The van der Waals surface area contributed by atoms with Crippen LogP contribution in [0.5, 0.6) is 0 Å². The molecule has 0 aliphatic carbocycles. The van der Waals surface area contributed by atoms with Crippen LogP contribution in [0.25, 0.3) is 0 Å². The summed E-state index contributed by atoms with van der Waals surface area (Å²) < 4.78 is 19.4. The van der Waals surface area contributed by atoms with Gasteiger partial charge in [0, 0.05) is 13.7 Å². The Morgan fingerprint density at radius 3 is 2.90 bits per heavy atom. The molecule has 1 heterocycles. The molecule has 110 valence electrons. The van der Waals surface area contributed by atoms with E-state index in [9.17, 15) is 9.18 Å². The van der Waals surface area contributed by atoms with Gasteiger partial charge in [-0.25, -0.2) is 4.39 Å². The number of hydrogen-bond donors (Lipinski definition) is 2. The van der Waals surface area contributed by atoms with Crippen LogP contribution in [0.1, 0.15) is 34.7 Å². The zero-order valence-corrected chi connectivity index (χ0v) is 11.7. The summed E-state index contributed by atoms with van der Waals surface area (Å²) in [6.07, 6.45) is 1.82. The van der Waals surface area contributed by atoms with Crippen molar-refractivity contribution >= 4 is 5.91 Å². The Balaban J connectivity index is 2.11. The number of hydrogen-bond acceptors (Lipinski definition) is 3. The fourth-order valence-electron chi connectivity index (χ4n) is 2.54. The van der Waals surface area contributed by atoms with Gasteiger partial charge in [0.25, 0.3) is 5.91 Å². The fraction of sp³-hybridized carbons (Fsp3) is 0.533. The summed E-state index contributed by atoms with van der Waals surface area (Å²) in [4.78, 5) is 12.0. The molecular weight excluding hydrogens is 259 g/mol. The van der Waals surface area contributed by atoms with Gasteiger partial charge >= 0.3 is 0 Å². The van der Waals surface area contributed by atoms with Gasteiger partial charge in [0.15, 0.2) is 0 Å². The number of carbonyl (C=O) groups excluding carboxylic acids is 1. The molecule has 0 bridgehead atoms. The third-order valence-corrected chi connectivity index (χ3v) is 3.64. The highest BCUT2D eigenvalue weighted by molar-refractivity contribution is 5.94. The maximum Gasteiger partial charge on any atom is 0.254 e. The Kier molecular flexibility index (Phi) is 5.49. The van der Waals surface area contributed by atoms with Gasteiger partial charge in [-0.05, 0) is 43.5 Å². The smallest absolute Gasteiger partial charge is 0.254 e. The monoisotopic (exact) mass is 280 g/mol. The first-order valence-corrected chi connectivity index (χ1v) is 7.00. The molecular formula is C15H21FN2O2. The fourth-order valence-corrected chi connectivity index (χ4v) is 2.54. The van der Waals surface area contributed by atoms with E-state index >= 15 is 0 Å². The quantitative estimate of drug-likeness (QED) is 0.807. The van der Waals surface area contributed by atoms with Gasteiger partial charge < -0.3 is 15.4 Å². The van der Waals surface area contributed by atoms with E-state index in [1.807, 2.05) is 0 Å². The van der Waals surface area contributed by atoms with E-state index in [0.29, 0.717) is 18.7 Å². The predicted octanol–water partition coefficient (Wildman–Crippen LogP) is 1.67. The van der Waals surface area contributed by atoms with Crippen molar-refractivity contribution in [3.63, 3.8) is 0 Å². The minimum absolute atomic E-state index is 0.122. The van der Waals surface area contributed by atoms with Crippen molar-refractivity contribution < 1.29 is 13.9 Å². The summed E-state index contributed by atoms with van der Waals surface area (Å²) in [7, 11) is 1.56. The number of piperidine rings is 1. The third-order valence-electron chi connectivity index (χ3n) is 3.64. The minimum Gasteiger partial charge on any atom is -0.383 e. The lowest BCUT2D eigenvalue weighted by atomic mass is 9.88. The van der Waals surface area contributed by atoms with Crippen LogP contribution >= 0.6 is 0 Å². The largest absolute Gasteiger partial charge is 0.383 e. The minimum atomic E-state index is -0.380. The number of halogens is 1. The molecule has 1 aliphatic rings. The highest BCUT2D eigenvalue weighted by Gasteiger charge is 2.22. The van der Waals surface area contributed by atoms with Gasteiger partial charge in [0.2, 0.25) is 0 Å². The lowest BCUT2D eigenvalue weighted by molar-refractivity contribution is 0.0932. The summed E-state index contributed by atoms with van der Waals surface area (Å²) in [5, 5.41) is 5.91. The molecule has 1 fully saturated rings. The Morgan fingerprint density at radius 1 is 1.45 bits per heavy atom. The Hall–Kier alpha value is -1.46. The van der Waals surface area contributed by atoms with Crippen molar-refractivity contribution in [2.45, 2.75) is 18.8 Å². The van der Waals surface area contributed by atoms with Gasteiger partial charge in [-0.2, -0.15) is 0 Å². The van der Waals surface area contributed by atoms with Gasteiger partial charge in [-0.1, -0.05) is 12.1 Å². The van der Waals surface area contributed by atoms with E-state index < -0.39 is 0 Å². The van der Waals surface area contributed by atoms with E-state index in [-0.39, 0.29) is 23.2 Å². The molecule has 2 rings (SSSR count). The maximum atomic E-state index is 14.5. The summed E-state index contributed by atoms with van der Waals surface area (Å²) >= 11 is 0. The molecule has 2 N–H and O–H groups in total. The van der Waals surface area contributed by atoms with Crippen LogP contribution in [0.2, 0.25) is 0 Å². The van der Waals surface area contributed by atoms with Crippen LogP contribution in [-0.4, -0.2) is 39.3 Å². The first kappa shape index (κ1) is 14.9. The Bertz CT molecular complexity index is 459. The number of methoxy groups -OCH3 is 1. The molecule has 1 aromatic rings. The molecule has 0 saturated carbocycles. The Labute approximate surface area is 118 Å². The molecule has 1 saturated heterocycles. The summed E-state index contributed by atoms with van der Waals surface area (Å²) in [5.41, 5.74) is 0.781.